The molecule has 1 rings (SSSR count). The quantitative estimate of drug-likeness (QED) is 0.649. The van der Waals surface area contributed by atoms with Gasteiger partial charge in [0.1, 0.15) is 0 Å². The molecule has 0 aromatic carbocycles. The van der Waals surface area contributed by atoms with Crippen LogP contribution < -0.4 is 5.73 Å². The van der Waals surface area contributed by atoms with Crippen molar-refractivity contribution in [2.45, 2.75) is 19.9 Å². The van der Waals surface area contributed by atoms with Gasteiger partial charge in [-0.25, -0.2) is 0 Å². The molecule has 1 aliphatic heterocycles. The van der Waals surface area contributed by atoms with Crippen LogP contribution in [-0.2, 0) is 0 Å². The van der Waals surface area contributed by atoms with Crippen LogP contribution in [0, 0.1) is 0 Å². The van der Waals surface area contributed by atoms with E-state index >= 15 is 0 Å². The van der Waals surface area contributed by atoms with Gasteiger partial charge >= 0.3 is 0 Å². The minimum absolute atomic E-state index is 0.125. The number of hydrogen-bond acceptors (Lipinski definition) is 2. The fourth-order valence-electron chi connectivity index (χ4n) is 0.955. The first kappa shape index (κ1) is 8.62. The SMILES string of the molecule is C=C1C=C(C)SC(C(C)N)=C1. The molecule has 0 aromatic heterocycles. The van der Waals surface area contributed by atoms with Crippen molar-refractivity contribution in [3.05, 3.63) is 34.1 Å². The summed E-state index contributed by atoms with van der Waals surface area (Å²) in [6, 6.07) is 0.125. The summed E-state index contributed by atoms with van der Waals surface area (Å²) < 4.78 is 0. The van der Waals surface area contributed by atoms with Crippen LogP contribution in [0.3, 0.4) is 0 Å². The van der Waals surface area contributed by atoms with Gasteiger partial charge < -0.3 is 5.73 Å². The molecule has 1 nitrogen and oxygen atoms in total. The maximum absolute atomic E-state index is 5.73. The number of rotatable bonds is 1. The second-order valence-corrected chi connectivity index (χ2v) is 4.09. The van der Waals surface area contributed by atoms with Crippen molar-refractivity contribution < 1.29 is 0 Å². The van der Waals surface area contributed by atoms with E-state index in [9.17, 15) is 0 Å². The molecule has 0 saturated heterocycles. The smallest absolute Gasteiger partial charge is 0.0329 e. The summed E-state index contributed by atoms with van der Waals surface area (Å²) in [5.74, 6) is 0. The third-order valence-corrected chi connectivity index (χ3v) is 2.61. The second kappa shape index (κ2) is 3.28. The van der Waals surface area contributed by atoms with Gasteiger partial charge in [-0.3, -0.25) is 0 Å². The molecule has 2 heteroatoms. The van der Waals surface area contributed by atoms with Gasteiger partial charge in [0, 0.05) is 10.9 Å². The standard InChI is InChI=1S/C9H13NS/c1-6-4-7(2)11-9(5-6)8(3)10/h4-5,8H,1,10H2,2-3H3. The minimum atomic E-state index is 0.125. The van der Waals surface area contributed by atoms with Gasteiger partial charge in [0.2, 0.25) is 0 Å². The number of thioether (sulfide) groups is 1. The van der Waals surface area contributed by atoms with Gasteiger partial charge in [0.25, 0.3) is 0 Å². The number of hydrogen-bond donors (Lipinski definition) is 1. The molecular formula is C9H13NS. The van der Waals surface area contributed by atoms with E-state index in [0.29, 0.717) is 0 Å². The van der Waals surface area contributed by atoms with Crippen LogP contribution in [0.2, 0.25) is 0 Å². The van der Waals surface area contributed by atoms with Gasteiger partial charge in [-0.05, 0) is 36.5 Å². The average molecular weight is 167 g/mol. The van der Waals surface area contributed by atoms with E-state index in [1.165, 1.54) is 9.81 Å². The van der Waals surface area contributed by atoms with Gasteiger partial charge in [0.05, 0.1) is 0 Å². The van der Waals surface area contributed by atoms with E-state index in [4.69, 9.17) is 5.73 Å². The fraction of sp³-hybridized carbons (Fsp3) is 0.333. The van der Waals surface area contributed by atoms with Crippen molar-refractivity contribution in [1.29, 1.82) is 0 Å². The highest BCUT2D eigenvalue weighted by molar-refractivity contribution is 8.06. The Labute approximate surface area is 72.0 Å². The predicted molar refractivity (Wildman–Crippen MR) is 52.2 cm³/mol. The summed E-state index contributed by atoms with van der Waals surface area (Å²) in [6.45, 7) is 7.94. The largest absolute Gasteiger partial charge is 0.324 e. The highest BCUT2D eigenvalue weighted by atomic mass is 32.2. The summed E-state index contributed by atoms with van der Waals surface area (Å²) in [5, 5.41) is 0. The van der Waals surface area contributed by atoms with E-state index in [-0.39, 0.29) is 6.04 Å². The molecule has 0 aromatic rings. The average Bonchev–Trinajstić information content (AvgIpc) is 1.85. The molecule has 0 saturated carbocycles. The first-order valence-electron chi connectivity index (χ1n) is 3.62. The molecule has 0 amide bonds. The zero-order valence-corrected chi connectivity index (χ0v) is 7.74. The summed E-state index contributed by atoms with van der Waals surface area (Å²) in [5.41, 5.74) is 6.78. The first-order valence-corrected chi connectivity index (χ1v) is 4.43. The Morgan fingerprint density at radius 1 is 1.55 bits per heavy atom. The Kier molecular flexibility index (Phi) is 2.58. The molecule has 0 spiro atoms. The minimum Gasteiger partial charge on any atom is -0.324 e. The lowest BCUT2D eigenvalue weighted by Crippen LogP contribution is -2.16. The normalized spacial score (nSPS) is 20.8. The van der Waals surface area contributed by atoms with Crippen molar-refractivity contribution in [2.75, 3.05) is 0 Å². The number of nitrogens with two attached hydrogens (primary N) is 1. The molecule has 60 valence electrons. The maximum atomic E-state index is 5.73. The van der Waals surface area contributed by atoms with Crippen molar-refractivity contribution in [2.24, 2.45) is 5.73 Å². The topological polar surface area (TPSA) is 26.0 Å². The Hall–Kier alpha value is -0.470. The van der Waals surface area contributed by atoms with Crippen molar-refractivity contribution in [1.82, 2.24) is 0 Å². The maximum Gasteiger partial charge on any atom is 0.0329 e. The molecule has 0 radical (unpaired) electrons. The zero-order chi connectivity index (χ0) is 8.43. The second-order valence-electron chi connectivity index (χ2n) is 2.77. The Bertz CT molecular complexity index is 236. The van der Waals surface area contributed by atoms with Crippen LogP contribution in [0.1, 0.15) is 13.8 Å². The molecule has 11 heavy (non-hydrogen) atoms. The van der Waals surface area contributed by atoms with Crippen LogP contribution in [0.5, 0.6) is 0 Å². The molecule has 1 aliphatic rings. The van der Waals surface area contributed by atoms with Crippen LogP contribution in [0.15, 0.2) is 34.1 Å². The molecule has 1 atom stereocenters. The van der Waals surface area contributed by atoms with Gasteiger partial charge in [-0.2, -0.15) is 0 Å². The van der Waals surface area contributed by atoms with E-state index < -0.39 is 0 Å². The highest BCUT2D eigenvalue weighted by Gasteiger charge is 2.09. The van der Waals surface area contributed by atoms with Gasteiger partial charge in [-0.15, -0.1) is 0 Å². The molecule has 2 N–H and O–H groups in total. The monoisotopic (exact) mass is 167 g/mol. The first-order chi connectivity index (χ1) is 5.09. The zero-order valence-electron chi connectivity index (χ0n) is 6.92. The lowest BCUT2D eigenvalue weighted by atomic mass is 10.2. The van der Waals surface area contributed by atoms with Crippen LogP contribution >= 0.6 is 11.8 Å². The van der Waals surface area contributed by atoms with E-state index in [2.05, 4.69) is 19.6 Å². The van der Waals surface area contributed by atoms with E-state index in [0.717, 1.165) is 5.57 Å². The van der Waals surface area contributed by atoms with Gasteiger partial charge in [-0.1, -0.05) is 18.3 Å². The molecule has 0 fully saturated rings. The number of allylic oxidation sites excluding steroid dienone is 4. The summed E-state index contributed by atoms with van der Waals surface area (Å²) in [6.07, 6.45) is 4.11. The third-order valence-electron chi connectivity index (χ3n) is 1.44. The lowest BCUT2D eigenvalue weighted by Gasteiger charge is -2.15. The highest BCUT2D eigenvalue weighted by Crippen LogP contribution is 2.32. The Balaban J connectivity index is 2.79. The predicted octanol–water partition coefficient (Wildman–Crippen LogP) is 2.42. The van der Waals surface area contributed by atoms with Crippen LogP contribution in [0.4, 0.5) is 0 Å². The third kappa shape index (κ3) is 2.24. The van der Waals surface area contributed by atoms with E-state index in [1.54, 1.807) is 11.8 Å². The Morgan fingerprint density at radius 2 is 2.18 bits per heavy atom. The lowest BCUT2D eigenvalue weighted by molar-refractivity contribution is 0.910. The van der Waals surface area contributed by atoms with Gasteiger partial charge in [0.15, 0.2) is 0 Å². The molecule has 1 heterocycles. The van der Waals surface area contributed by atoms with Crippen molar-refractivity contribution >= 4 is 11.8 Å². The molecule has 1 unspecified atom stereocenters. The van der Waals surface area contributed by atoms with Crippen LogP contribution in [-0.4, -0.2) is 6.04 Å². The van der Waals surface area contributed by atoms with Crippen LogP contribution in [0.25, 0.3) is 0 Å². The molecule has 0 aliphatic carbocycles. The Morgan fingerprint density at radius 3 is 2.64 bits per heavy atom. The molecular weight excluding hydrogens is 154 g/mol. The molecule has 0 bridgehead atoms. The summed E-state index contributed by atoms with van der Waals surface area (Å²) >= 11 is 1.73. The fourth-order valence-corrected chi connectivity index (χ4v) is 1.93. The van der Waals surface area contributed by atoms with E-state index in [1.807, 2.05) is 13.0 Å². The van der Waals surface area contributed by atoms with Crippen molar-refractivity contribution in [3.8, 4) is 0 Å². The summed E-state index contributed by atoms with van der Waals surface area (Å²) in [4.78, 5) is 2.47. The summed E-state index contributed by atoms with van der Waals surface area (Å²) in [7, 11) is 0. The van der Waals surface area contributed by atoms with Crippen molar-refractivity contribution in [3.63, 3.8) is 0 Å².